The quantitative estimate of drug-likeness (QED) is 0.675. The predicted molar refractivity (Wildman–Crippen MR) is 65.0 cm³/mol. The third-order valence-electron chi connectivity index (χ3n) is 1.86. The van der Waals surface area contributed by atoms with E-state index in [0.717, 1.165) is 15.7 Å². The van der Waals surface area contributed by atoms with Gasteiger partial charge in [0.2, 0.25) is 5.82 Å². The number of halogens is 1. The lowest BCUT2D eigenvalue weighted by Gasteiger charge is -2.08. The fraction of sp³-hybridized carbons (Fsp3) is 0.444. The number of aryl methyl sites for hydroxylation is 1. The van der Waals surface area contributed by atoms with Crippen LogP contribution in [0, 0.1) is 3.57 Å². The van der Waals surface area contributed by atoms with Crippen LogP contribution in [-0.4, -0.2) is 30.1 Å². The van der Waals surface area contributed by atoms with Gasteiger partial charge in [0.15, 0.2) is 0 Å². The summed E-state index contributed by atoms with van der Waals surface area (Å²) in [7, 11) is 3.07. The van der Waals surface area contributed by atoms with E-state index in [0.29, 0.717) is 5.82 Å². The van der Waals surface area contributed by atoms with E-state index in [-0.39, 0.29) is 5.82 Å². The van der Waals surface area contributed by atoms with Gasteiger partial charge in [-0.25, -0.2) is 14.8 Å². The number of rotatable bonds is 3. The number of hydrogen-bond donors (Lipinski definition) is 1. The minimum absolute atomic E-state index is 0.0964. The van der Waals surface area contributed by atoms with Gasteiger partial charge in [-0.15, -0.1) is 0 Å². The van der Waals surface area contributed by atoms with Gasteiger partial charge < -0.3 is 10.1 Å². The number of nitrogens with one attached hydrogen (secondary N) is 1. The van der Waals surface area contributed by atoms with Gasteiger partial charge in [-0.2, -0.15) is 0 Å². The van der Waals surface area contributed by atoms with Crippen LogP contribution in [0.2, 0.25) is 0 Å². The Morgan fingerprint density at radius 2 is 2.20 bits per heavy atom. The second-order valence-electron chi connectivity index (χ2n) is 2.75. The number of ether oxygens (including phenoxy) is 1. The molecule has 82 valence electrons. The van der Waals surface area contributed by atoms with Gasteiger partial charge >= 0.3 is 5.97 Å². The van der Waals surface area contributed by atoms with Crippen LogP contribution >= 0.6 is 22.6 Å². The third kappa shape index (κ3) is 2.55. The molecule has 1 rings (SSSR count). The highest BCUT2D eigenvalue weighted by atomic mass is 127. The van der Waals surface area contributed by atoms with Gasteiger partial charge in [0, 0.05) is 7.05 Å². The molecule has 1 aromatic heterocycles. The fourth-order valence-corrected chi connectivity index (χ4v) is 1.97. The molecule has 0 fully saturated rings. The number of methoxy groups -OCH3 is 1. The van der Waals surface area contributed by atoms with Gasteiger partial charge in [-0.3, -0.25) is 0 Å². The molecule has 15 heavy (non-hydrogen) atoms. The fourth-order valence-electron chi connectivity index (χ4n) is 1.08. The highest BCUT2D eigenvalue weighted by molar-refractivity contribution is 14.1. The van der Waals surface area contributed by atoms with Gasteiger partial charge in [0.1, 0.15) is 5.82 Å². The van der Waals surface area contributed by atoms with Crippen LogP contribution in [0.1, 0.15) is 23.2 Å². The van der Waals surface area contributed by atoms with Crippen molar-refractivity contribution < 1.29 is 9.53 Å². The minimum atomic E-state index is -0.516. The number of carbonyl (C=O) groups excluding carboxylic acids is 1. The molecule has 1 aromatic rings. The SMILES string of the molecule is CCc1nc(C(=O)OC)nc(NC)c1I. The van der Waals surface area contributed by atoms with Crippen molar-refractivity contribution in [2.24, 2.45) is 0 Å². The number of nitrogens with zero attached hydrogens (tertiary/aromatic N) is 2. The van der Waals surface area contributed by atoms with Crippen molar-refractivity contribution in [3.05, 3.63) is 15.1 Å². The van der Waals surface area contributed by atoms with Crippen molar-refractivity contribution in [3.8, 4) is 0 Å². The summed E-state index contributed by atoms with van der Waals surface area (Å²) in [5.74, 6) is 0.236. The zero-order chi connectivity index (χ0) is 11.4. The first-order valence-corrected chi connectivity index (χ1v) is 5.54. The lowest BCUT2D eigenvalue weighted by molar-refractivity contribution is 0.0586. The number of aromatic nitrogens is 2. The molecule has 0 saturated carbocycles. The van der Waals surface area contributed by atoms with Crippen LogP contribution in [0.15, 0.2) is 0 Å². The van der Waals surface area contributed by atoms with E-state index >= 15 is 0 Å². The van der Waals surface area contributed by atoms with Crippen LogP contribution in [0.3, 0.4) is 0 Å². The maximum absolute atomic E-state index is 11.3. The van der Waals surface area contributed by atoms with E-state index in [1.807, 2.05) is 6.92 Å². The summed E-state index contributed by atoms with van der Waals surface area (Å²) in [6.07, 6.45) is 0.749. The molecule has 0 bridgehead atoms. The molecule has 0 saturated heterocycles. The van der Waals surface area contributed by atoms with Gasteiger partial charge in [0.05, 0.1) is 16.4 Å². The topological polar surface area (TPSA) is 64.1 Å². The van der Waals surface area contributed by atoms with Crippen molar-refractivity contribution in [2.45, 2.75) is 13.3 Å². The zero-order valence-corrected chi connectivity index (χ0v) is 11.0. The van der Waals surface area contributed by atoms with Crippen molar-refractivity contribution in [3.63, 3.8) is 0 Å². The van der Waals surface area contributed by atoms with Crippen LogP contribution in [-0.2, 0) is 11.2 Å². The Morgan fingerprint density at radius 3 is 2.67 bits per heavy atom. The molecule has 0 aromatic carbocycles. The monoisotopic (exact) mass is 321 g/mol. The molecule has 5 nitrogen and oxygen atoms in total. The molecule has 0 spiro atoms. The van der Waals surface area contributed by atoms with E-state index in [9.17, 15) is 4.79 Å². The molecule has 1 N–H and O–H groups in total. The average molecular weight is 321 g/mol. The molecule has 0 amide bonds. The maximum atomic E-state index is 11.3. The Labute approximate surface area is 102 Å². The van der Waals surface area contributed by atoms with Crippen molar-refractivity contribution in [1.29, 1.82) is 0 Å². The molecular weight excluding hydrogens is 309 g/mol. The van der Waals surface area contributed by atoms with Gasteiger partial charge in [-0.1, -0.05) is 6.92 Å². The van der Waals surface area contributed by atoms with Crippen LogP contribution in [0.5, 0.6) is 0 Å². The molecule has 0 atom stereocenters. The molecule has 0 radical (unpaired) electrons. The Kier molecular flexibility index (Phi) is 4.25. The minimum Gasteiger partial charge on any atom is -0.463 e. The maximum Gasteiger partial charge on any atom is 0.376 e. The Morgan fingerprint density at radius 1 is 1.53 bits per heavy atom. The van der Waals surface area contributed by atoms with Gasteiger partial charge in [-0.05, 0) is 29.0 Å². The second-order valence-corrected chi connectivity index (χ2v) is 3.83. The van der Waals surface area contributed by atoms with Crippen molar-refractivity contribution >= 4 is 34.4 Å². The van der Waals surface area contributed by atoms with E-state index in [2.05, 4.69) is 42.6 Å². The normalized spacial score (nSPS) is 9.87. The Hall–Kier alpha value is -0.920. The molecule has 6 heteroatoms. The number of carbonyl (C=O) groups is 1. The Balaban J connectivity index is 3.26. The number of hydrogen-bond acceptors (Lipinski definition) is 5. The molecule has 0 aliphatic carbocycles. The van der Waals surface area contributed by atoms with Crippen molar-refractivity contribution in [1.82, 2.24) is 9.97 Å². The van der Waals surface area contributed by atoms with Crippen LogP contribution in [0.25, 0.3) is 0 Å². The molecule has 1 heterocycles. The molecule has 0 unspecified atom stereocenters. The summed E-state index contributed by atoms with van der Waals surface area (Å²) in [6.45, 7) is 1.98. The first-order valence-electron chi connectivity index (χ1n) is 4.46. The second kappa shape index (κ2) is 5.24. The van der Waals surface area contributed by atoms with Gasteiger partial charge in [0.25, 0.3) is 0 Å². The van der Waals surface area contributed by atoms with E-state index < -0.39 is 5.97 Å². The molecular formula is C9H12IN3O2. The largest absolute Gasteiger partial charge is 0.463 e. The highest BCUT2D eigenvalue weighted by Gasteiger charge is 2.15. The summed E-state index contributed by atoms with van der Waals surface area (Å²) in [5, 5.41) is 2.92. The number of anilines is 1. The van der Waals surface area contributed by atoms with Crippen LogP contribution < -0.4 is 5.32 Å². The lowest BCUT2D eigenvalue weighted by atomic mass is 10.3. The molecule has 0 aliphatic rings. The smallest absolute Gasteiger partial charge is 0.376 e. The first-order chi connectivity index (χ1) is 7.13. The lowest BCUT2D eigenvalue weighted by Crippen LogP contribution is -2.13. The average Bonchev–Trinajstić information content (AvgIpc) is 2.28. The summed E-state index contributed by atoms with van der Waals surface area (Å²) in [6, 6.07) is 0. The Bertz CT molecular complexity index is 357. The summed E-state index contributed by atoms with van der Waals surface area (Å²) >= 11 is 2.15. The van der Waals surface area contributed by atoms with E-state index in [1.165, 1.54) is 7.11 Å². The van der Waals surface area contributed by atoms with E-state index in [4.69, 9.17) is 0 Å². The van der Waals surface area contributed by atoms with E-state index in [1.54, 1.807) is 7.05 Å². The number of esters is 1. The van der Waals surface area contributed by atoms with Crippen LogP contribution in [0.4, 0.5) is 5.82 Å². The highest BCUT2D eigenvalue weighted by Crippen LogP contribution is 2.19. The van der Waals surface area contributed by atoms with Crippen molar-refractivity contribution in [2.75, 3.05) is 19.5 Å². The standard InChI is InChI=1S/C9H12IN3O2/c1-4-5-6(10)7(11-2)13-8(12-5)9(14)15-3/h4H2,1-3H3,(H,11,12,13). The molecule has 0 aliphatic heterocycles. The summed E-state index contributed by atoms with van der Waals surface area (Å²) in [5.41, 5.74) is 0.843. The summed E-state index contributed by atoms with van der Waals surface area (Å²) < 4.78 is 5.52. The first kappa shape index (κ1) is 12.2. The summed E-state index contributed by atoms with van der Waals surface area (Å²) in [4.78, 5) is 19.5. The predicted octanol–water partition coefficient (Wildman–Crippen LogP) is 1.47. The zero-order valence-electron chi connectivity index (χ0n) is 8.80. The third-order valence-corrected chi connectivity index (χ3v) is 2.99.